The molecule has 152 valence electrons. The Hall–Kier alpha value is -1.99. The third kappa shape index (κ3) is 4.89. The van der Waals surface area contributed by atoms with Crippen molar-refractivity contribution < 1.29 is 14.0 Å². The Morgan fingerprint density at radius 3 is 2.64 bits per heavy atom. The van der Waals surface area contributed by atoms with Gasteiger partial charge >= 0.3 is 0 Å². The van der Waals surface area contributed by atoms with Crippen LogP contribution in [0.3, 0.4) is 0 Å². The van der Waals surface area contributed by atoms with Gasteiger partial charge in [-0.3, -0.25) is 19.4 Å². The number of halogens is 1. The summed E-state index contributed by atoms with van der Waals surface area (Å²) in [7, 11) is 0. The van der Waals surface area contributed by atoms with Gasteiger partial charge in [0.05, 0.1) is 12.5 Å². The van der Waals surface area contributed by atoms with Crippen LogP contribution in [0.25, 0.3) is 0 Å². The van der Waals surface area contributed by atoms with Crippen molar-refractivity contribution in [3.8, 4) is 0 Å². The lowest BCUT2D eigenvalue weighted by molar-refractivity contribution is -0.140. The van der Waals surface area contributed by atoms with E-state index in [2.05, 4.69) is 10.2 Å². The van der Waals surface area contributed by atoms with Gasteiger partial charge in [-0.2, -0.15) is 0 Å². The summed E-state index contributed by atoms with van der Waals surface area (Å²) in [4.78, 5) is 31.6. The number of carbonyl (C=O) groups excluding carboxylic acids is 2. The van der Waals surface area contributed by atoms with E-state index in [9.17, 15) is 14.0 Å². The largest absolute Gasteiger partial charge is 0.353 e. The van der Waals surface area contributed by atoms with E-state index >= 15 is 0 Å². The molecule has 2 amide bonds. The number of piperazine rings is 2. The Labute approximate surface area is 165 Å². The first-order valence-corrected chi connectivity index (χ1v) is 10.3. The molecule has 3 aliphatic rings. The summed E-state index contributed by atoms with van der Waals surface area (Å²) in [6, 6.07) is 5.94. The molecule has 28 heavy (non-hydrogen) atoms. The maximum absolute atomic E-state index is 13.5. The molecule has 7 heteroatoms. The first-order chi connectivity index (χ1) is 13.6. The summed E-state index contributed by atoms with van der Waals surface area (Å²) in [5, 5.41) is 2.87. The van der Waals surface area contributed by atoms with Gasteiger partial charge in [0.1, 0.15) is 5.82 Å². The van der Waals surface area contributed by atoms with E-state index in [0.717, 1.165) is 44.2 Å². The quantitative estimate of drug-likeness (QED) is 0.792. The fourth-order valence-electron chi connectivity index (χ4n) is 4.18. The van der Waals surface area contributed by atoms with Gasteiger partial charge in [0.15, 0.2) is 0 Å². The third-order valence-electron chi connectivity index (χ3n) is 6.02. The fourth-order valence-corrected chi connectivity index (χ4v) is 4.18. The average Bonchev–Trinajstić information content (AvgIpc) is 3.49. The van der Waals surface area contributed by atoms with Gasteiger partial charge in [-0.15, -0.1) is 0 Å². The van der Waals surface area contributed by atoms with Crippen molar-refractivity contribution in [2.75, 3.05) is 45.8 Å². The van der Waals surface area contributed by atoms with Crippen molar-refractivity contribution in [3.05, 3.63) is 35.6 Å². The van der Waals surface area contributed by atoms with Crippen LogP contribution >= 0.6 is 0 Å². The molecule has 1 unspecified atom stereocenters. The van der Waals surface area contributed by atoms with Crippen LogP contribution in [0, 0.1) is 11.7 Å². The Kier molecular flexibility index (Phi) is 5.92. The summed E-state index contributed by atoms with van der Waals surface area (Å²) in [5.41, 5.74) is 0.820. The molecular weight excluding hydrogens is 359 g/mol. The first-order valence-electron chi connectivity index (χ1n) is 10.3. The summed E-state index contributed by atoms with van der Waals surface area (Å²) in [6.45, 7) is 6.17. The molecule has 0 bridgehead atoms. The predicted octanol–water partition coefficient (Wildman–Crippen LogP) is 1.07. The van der Waals surface area contributed by atoms with E-state index in [1.54, 1.807) is 6.07 Å². The first kappa shape index (κ1) is 19.3. The molecule has 1 aromatic carbocycles. The molecule has 1 atom stereocenters. The van der Waals surface area contributed by atoms with E-state index in [4.69, 9.17) is 0 Å². The number of hydrogen-bond acceptors (Lipinski definition) is 4. The SMILES string of the molecule is O=C1NCCN(Cc2cccc(F)c2)C1CC(=O)N1CCN(CC2CC2)CC1. The smallest absolute Gasteiger partial charge is 0.237 e. The van der Waals surface area contributed by atoms with Gasteiger partial charge in [-0.25, -0.2) is 4.39 Å². The molecule has 6 nitrogen and oxygen atoms in total. The molecular formula is C21H29FN4O2. The van der Waals surface area contributed by atoms with Gasteiger partial charge in [-0.1, -0.05) is 12.1 Å². The molecule has 0 aromatic heterocycles. The van der Waals surface area contributed by atoms with Crippen LogP contribution in [0.1, 0.15) is 24.8 Å². The normalized spacial score (nSPS) is 24.2. The molecule has 2 aliphatic heterocycles. The van der Waals surface area contributed by atoms with Gasteiger partial charge in [0.25, 0.3) is 0 Å². The Morgan fingerprint density at radius 2 is 1.93 bits per heavy atom. The van der Waals surface area contributed by atoms with Gasteiger partial charge < -0.3 is 10.2 Å². The van der Waals surface area contributed by atoms with Crippen molar-refractivity contribution in [1.29, 1.82) is 0 Å². The summed E-state index contributed by atoms with van der Waals surface area (Å²) in [5.74, 6) is 0.515. The van der Waals surface area contributed by atoms with Crippen molar-refractivity contribution >= 4 is 11.8 Å². The van der Waals surface area contributed by atoms with Crippen LogP contribution in [-0.4, -0.2) is 78.4 Å². The summed E-state index contributed by atoms with van der Waals surface area (Å²) >= 11 is 0. The topological polar surface area (TPSA) is 55.9 Å². The Morgan fingerprint density at radius 1 is 1.14 bits per heavy atom. The molecule has 2 heterocycles. The zero-order chi connectivity index (χ0) is 19.5. The highest BCUT2D eigenvalue weighted by Gasteiger charge is 2.34. The molecule has 1 N–H and O–H groups in total. The van der Waals surface area contributed by atoms with E-state index in [1.165, 1.54) is 25.0 Å². The second-order valence-electron chi connectivity index (χ2n) is 8.24. The minimum atomic E-state index is -0.492. The minimum absolute atomic E-state index is 0.0392. The minimum Gasteiger partial charge on any atom is -0.353 e. The molecule has 0 radical (unpaired) electrons. The van der Waals surface area contributed by atoms with Crippen LogP contribution in [0.5, 0.6) is 0 Å². The number of nitrogens with one attached hydrogen (secondary N) is 1. The number of benzene rings is 1. The molecule has 2 saturated heterocycles. The molecule has 1 saturated carbocycles. The summed E-state index contributed by atoms with van der Waals surface area (Å²) in [6.07, 6.45) is 2.87. The van der Waals surface area contributed by atoms with E-state index in [1.807, 2.05) is 15.9 Å². The Bertz CT molecular complexity index is 716. The summed E-state index contributed by atoms with van der Waals surface area (Å²) < 4.78 is 13.5. The van der Waals surface area contributed by atoms with Crippen LogP contribution in [-0.2, 0) is 16.1 Å². The van der Waals surface area contributed by atoms with Gasteiger partial charge in [0.2, 0.25) is 11.8 Å². The van der Waals surface area contributed by atoms with Crippen LogP contribution in [0.15, 0.2) is 24.3 Å². The molecule has 1 aromatic rings. The second kappa shape index (κ2) is 8.57. The van der Waals surface area contributed by atoms with Crippen molar-refractivity contribution in [2.24, 2.45) is 5.92 Å². The maximum atomic E-state index is 13.5. The van der Waals surface area contributed by atoms with Crippen molar-refractivity contribution in [1.82, 2.24) is 20.0 Å². The number of rotatable bonds is 6. The monoisotopic (exact) mass is 388 g/mol. The molecule has 0 spiro atoms. The predicted molar refractivity (Wildman–Crippen MR) is 104 cm³/mol. The van der Waals surface area contributed by atoms with E-state index < -0.39 is 6.04 Å². The van der Waals surface area contributed by atoms with Crippen LogP contribution < -0.4 is 5.32 Å². The third-order valence-corrected chi connectivity index (χ3v) is 6.02. The number of hydrogen-bond donors (Lipinski definition) is 1. The van der Waals surface area contributed by atoms with Crippen LogP contribution in [0.4, 0.5) is 4.39 Å². The fraction of sp³-hybridized carbons (Fsp3) is 0.619. The molecule has 3 fully saturated rings. The number of amides is 2. The zero-order valence-electron chi connectivity index (χ0n) is 16.3. The molecule has 4 rings (SSSR count). The zero-order valence-corrected chi connectivity index (χ0v) is 16.3. The van der Waals surface area contributed by atoms with Crippen LogP contribution in [0.2, 0.25) is 0 Å². The average molecular weight is 388 g/mol. The lowest BCUT2D eigenvalue weighted by Crippen LogP contribution is -2.57. The van der Waals surface area contributed by atoms with Crippen molar-refractivity contribution in [2.45, 2.75) is 31.8 Å². The standard InChI is InChI=1S/C21H29FN4O2/c22-18-3-1-2-17(12-18)15-26-7-6-23-21(28)19(26)13-20(27)25-10-8-24(9-11-25)14-16-4-5-16/h1-3,12,16,19H,4-11,13-15H2,(H,23,28). The van der Waals surface area contributed by atoms with Gasteiger partial charge in [-0.05, 0) is 36.5 Å². The lowest BCUT2D eigenvalue weighted by atomic mass is 10.1. The second-order valence-corrected chi connectivity index (χ2v) is 8.24. The highest BCUT2D eigenvalue weighted by atomic mass is 19.1. The van der Waals surface area contributed by atoms with Crippen molar-refractivity contribution in [3.63, 3.8) is 0 Å². The van der Waals surface area contributed by atoms with Gasteiger partial charge in [0, 0.05) is 52.4 Å². The Balaban J connectivity index is 1.33. The lowest BCUT2D eigenvalue weighted by Gasteiger charge is -2.38. The number of carbonyl (C=O) groups is 2. The maximum Gasteiger partial charge on any atom is 0.237 e. The van der Waals surface area contributed by atoms with E-state index in [-0.39, 0.29) is 24.1 Å². The van der Waals surface area contributed by atoms with E-state index in [0.29, 0.717) is 19.6 Å². The highest BCUT2D eigenvalue weighted by Crippen LogP contribution is 2.30. The number of nitrogens with zero attached hydrogens (tertiary/aromatic N) is 3. The molecule has 1 aliphatic carbocycles. The highest BCUT2D eigenvalue weighted by molar-refractivity contribution is 5.88.